The Bertz CT molecular complexity index is 414. The first-order valence-electron chi connectivity index (χ1n) is 4.66. The fourth-order valence-corrected chi connectivity index (χ4v) is 1.48. The molecule has 4 nitrogen and oxygen atoms in total. The van der Waals surface area contributed by atoms with E-state index in [1.807, 2.05) is 0 Å². The number of hydrogen-bond acceptors (Lipinski definition) is 3. The van der Waals surface area contributed by atoms with Crippen molar-refractivity contribution >= 4 is 5.97 Å². The minimum Gasteiger partial charge on any atom is -0.508 e. The van der Waals surface area contributed by atoms with Crippen LogP contribution in [0.25, 0.3) is 0 Å². The van der Waals surface area contributed by atoms with Gasteiger partial charge in [-0.25, -0.2) is 9.18 Å². The zero-order valence-corrected chi connectivity index (χ0v) is 8.94. The number of aliphatic carboxylic acids is 1. The largest absolute Gasteiger partial charge is 0.508 e. The van der Waals surface area contributed by atoms with Crippen LogP contribution in [0.1, 0.15) is 19.4 Å². The smallest absolute Gasteiger partial charge is 0.333 e. The molecule has 3 N–H and O–H groups in total. The lowest BCUT2D eigenvalue weighted by atomic mass is 9.79. The van der Waals surface area contributed by atoms with Crippen LogP contribution in [-0.2, 0) is 10.2 Å². The van der Waals surface area contributed by atoms with E-state index in [0.717, 1.165) is 6.07 Å². The Morgan fingerprint density at radius 1 is 1.44 bits per heavy atom. The Kier molecular flexibility index (Phi) is 3.19. The number of aliphatic hydroxyl groups is 1. The molecule has 0 aliphatic carbocycles. The van der Waals surface area contributed by atoms with Gasteiger partial charge in [-0.05, 0) is 11.6 Å². The minimum atomic E-state index is -1.72. The summed E-state index contributed by atoms with van der Waals surface area (Å²) in [6.45, 7) is 2.84. The lowest BCUT2D eigenvalue weighted by molar-refractivity contribution is -0.150. The lowest BCUT2D eigenvalue weighted by Gasteiger charge is -2.28. The number of hydrogen-bond donors (Lipinski definition) is 3. The molecule has 0 spiro atoms. The van der Waals surface area contributed by atoms with Crippen LogP contribution >= 0.6 is 0 Å². The fourth-order valence-electron chi connectivity index (χ4n) is 1.48. The molecule has 0 saturated heterocycles. The van der Waals surface area contributed by atoms with Gasteiger partial charge in [0.2, 0.25) is 0 Å². The van der Waals surface area contributed by atoms with Gasteiger partial charge in [-0.15, -0.1) is 0 Å². The molecule has 0 aliphatic rings. The van der Waals surface area contributed by atoms with E-state index in [2.05, 4.69) is 0 Å². The van der Waals surface area contributed by atoms with Gasteiger partial charge in [0.05, 0.1) is 0 Å². The molecule has 16 heavy (non-hydrogen) atoms. The predicted octanol–water partition coefficient (Wildman–Crippen LogP) is 1.25. The molecular weight excluding hydrogens is 215 g/mol. The Balaban J connectivity index is 3.21. The average Bonchev–Trinajstić information content (AvgIpc) is 2.15. The van der Waals surface area contributed by atoms with Crippen molar-refractivity contribution in [1.82, 2.24) is 0 Å². The molecule has 0 bridgehead atoms. The Labute approximate surface area is 92.0 Å². The molecule has 0 aromatic heterocycles. The van der Waals surface area contributed by atoms with E-state index in [4.69, 9.17) is 10.2 Å². The topological polar surface area (TPSA) is 77.8 Å². The maximum atomic E-state index is 13.5. The minimum absolute atomic E-state index is 0.0419. The zero-order valence-electron chi connectivity index (χ0n) is 8.94. The number of rotatable bonds is 3. The summed E-state index contributed by atoms with van der Waals surface area (Å²) in [7, 11) is 0. The van der Waals surface area contributed by atoms with Gasteiger partial charge in [-0.3, -0.25) is 0 Å². The highest BCUT2D eigenvalue weighted by Crippen LogP contribution is 2.31. The van der Waals surface area contributed by atoms with Crippen LogP contribution in [0.4, 0.5) is 4.39 Å². The van der Waals surface area contributed by atoms with Crippen LogP contribution in [0.15, 0.2) is 18.2 Å². The van der Waals surface area contributed by atoms with Crippen molar-refractivity contribution in [2.75, 3.05) is 0 Å². The monoisotopic (exact) mass is 228 g/mol. The van der Waals surface area contributed by atoms with Crippen LogP contribution < -0.4 is 0 Å². The second-order valence-electron chi connectivity index (χ2n) is 4.13. The Morgan fingerprint density at radius 2 is 2.00 bits per heavy atom. The van der Waals surface area contributed by atoms with E-state index >= 15 is 0 Å². The fraction of sp³-hybridized carbons (Fsp3) is 0.364. The Morgan fingerprint density at radius 3 is 2.44 bits per heavy atom. The second-order valence-corrected chi connectivity index (χ2v) is 4.13. The molecule has 0 radical (unpaired) electrons. The number of carbonyl (C=O) groups is 1. The Hall–Kier alpha value is -1.62. The van der Waals surface area contributed by atoms with Crippen molar-refractivity contribution in [1.29, 1.82) is 0 Å². The molecule has 1 aromatic carbocycles. The molecular formula is C11H13FO4. The maximum absolute atomic E-state index is 13.5. The standard InChI is InChI=1S/C11H13FO4/c1-11(2,9(14)10(15)16)7-4-3-6(13)5-8(7)12/h3-5,9,13-14H,1-2H3,(H,15,16). The number of phenolic OH excluding ortho intramolecular Hbond substituents is 1. The highest BCUT2D eigenvalue weighted by molar-refractivity contribution is 5.74. The maximum Gasteiger partial charge on any atom is 0.333 e. The van der Waals surface area contributed by atoms with Gasteiger partial charge in [-0.2, -0.15) is 0 Å². The number of aromatic hydroxyl groups is 1. The molecule has 0 aliphatic heterocycles. The van der Waals surface area contributed by atoms with Crippen molar-refractivity contribution in [3.05, 3.63) is 29.6 Å². The summed E-state index contributed by atoms with van der Waals surface area (Å²) in [6, 6.07) is 3.39. The third-order valence-electron chi connectivity index (χ3n) is 2.56. The van der Waals surface area contributed by atoms with Crippen molar-refractivity contribution in [3.8, 4) is 5.75 Å². The number of aliphatic hydroxyl groups excluding tert-OH is 1. The highest BCUT2D eigenvalue weighted by Gasteiger charge is 2.37. The third-order valence-corrected chi connectivity index (χ3v) is 2.56. The van der Waals surface area contributed by atoms with Crippen LogP contribution in [0.2, 0.25) is 0 Å². The first-order chi connectivity index (χ1) is 7.26. The van der Waals surface area contributed by atoms with E-state index in [1.165, 1.54) is 26.0 Å². The van der Waals surface area contributed by atoms with Gasteiger partial charge < -0.3 is 15.3 Å². The van der Waals surface area contributed by atoms with E-state index < -0.39 is 23.3 Å². The summed E-state index contributed by atoms with van der Waals surface area (Å²) in [5.41, 5.74) is -1.23. The first kappa shape index (κ1) is 12.4. The van der Waals surface area contributed by atoms with Gasteiger partial charge >= 0.3 is 5.97 Å². The number of halogens is 1. The van der Waals surface area contributed by atoms with Crippen molar-refractivity contribution < 1.29 is 24.5 Å². The molecule has 0 fully saturated rings. The van der Waals surface area contributed by atoms with Gasteiger partial charge in [0.1, 0.15) is 11.6 Å². The van der Waals surface area contributed by atoms with Gasteiger partial charge in [0.25, 0.3) is 0 Å². The van der Waals surface area contributed by atoms with Crippen LogP contribution in [0.5, 0.6) is 5.75 Å². The molecule has 0 amide bonds. The summed E-state index contributed by atoms with van der Waals surface area (Å²) in [4.78, 5) is 10.7. The molecule has 1 unspecified atom stereocenters. The number of phenols is 1. The van der Waals surface area contributed by atoms with Crippen molar-refractivity contribution in [2.45, 2.75) is 25.4 Å². The normalized spacial score (nSPS) is 13.5. The number of carboxylic acid groups (broad SMARTS) is 1. The zero-order chi connectivity index (χ0) is 12.5. The lowest BCUT2D eigenvalue weighted by Crippen LogP contribution is -2.40. The average molecular weight is 228 g/mol. The van der Waals surface area contributed by atoms with Crippen LogP contribution in [0, 0.1) is 5.82 Å². The van der Waals surface area contributed by atoms with Crippen molar-refractivity contribution in [2.24, 2.45) is 0 Å². The van der Waals surface area contributed by atoms with Crippen LogP contribution in [-0.4, -0.2) is 27.4 Å². The molecule has 1 atom stereocenters. The molecule has 0 heterocycles. The molecule has 5 heteroatoms. The van der Waals surface area contributed by atoms with Crippen LogP contribution in [0.3, 0.4) is 0 Å². The SMILES string of the molecule is CC(C)(c1ccc(O)cc1F)C(O)C(=O)O. The number of benzene rings is 1. The molecule has 1 rings (SSSR count). The summed E-state index contributed by atoms with van der Waals surface area (Å²) in [5.74, 6) is -2.41. The van der Waals surface area contributed by atoms with Gasteiger partial charge in [0, 0.05) is 11.5 Å². The van der Waals surface area contributed by atoms with Gasteiger partial charge in [-0.1, -0.05) is 19.9 Å². The quantitative estimate of drug-likeness (QED) is 0.727. The highest BCUT2D eigenvalue weighted by atomic mass is 19.1. The number of carboxylic acids is 1. The predicted molar refractivity (Wildman–Crippen MR) is 54.7 cm³/mol. The summed E-state index contributed by atoms with van der Waals surface area (Å²) < 4.78 is 13.5. The van der Waals surface area contributed by atoms with Gasteiger partial charge in [0.15, 0.2) is 6.10 Å². The first-order valence-corrected chi connectivity index (χ1v) is 4.66. The molecule has 88 valence electrons. The van der Waals surface area contributed by atoms with E-state index in [9.17, 15) is 14.3 Å². The van der Waals surface area contributed by atoms with E-state index in [0.29, 0.717) is 0 Å². The van der Waals surface area contributed by atoms with E-state index in [-0.39, 0.29) is 11.3 Å². The summed E-state index contributed by atoms with van der Waals surface area (Å²) in [5, 5.41) is 27.2. The van der Waals surface area contributed by atoms with Crippen molar-refractivity contribution in [3.63, 3.8) is 0 Å². The van der Waals surface area contributed by atoms with E-state index in [1.54, 1.807) is 0 Å². The molecule has 1 aromatic rings. The molecule has 0 saturated carbocycles. The summed E-state index contributed by atoms with van der Waals surface area (Å²) in [6.07, 6.45) is -1.72. The third kappa shape index (κ3) is 2.14. The summed E-state index contributed by atoms with van der Waals surface area (Å²) >= 11 is 0. The second kappa shape index (κ2) is 4.09.